The van der Waals surface area contributed by atoms with Gasteiger partial charge in [0.1, 0.15) is 6.04 Å². The van der Waals surface area contributed by atoms with Crippen LogP contribution < -0.4 is 11.1 Å². The third-order valence-corrected chi connectivity index (χ3v) is 2.25. The monoisotopic (exact) mass is 262 g/mol. The molecule has 1 aromatic rings. The predicted octanol–water partition coefficient (Wildman–Crippen LogP) is -0.160. The number of nitrogens with one attached hydrogen (secondary N) is 1. The fourth-order valence-corrected chi connectivity index (χ4v) is 1.31. The van der Waals surface area contributed by atoms with Gasteiger partial charge in [-0.2, -0.15) is 0 Å². The van der Waals surface area contributed by atoms with Crippen LogP contribution in [0.3, 0.4) is 0 Å². The highest BCUT2D eigenvalue weighted by Crippen LogP contribution is 2.01. The number of carboxylic acids is 1. The first kappa shape index (κ1) is 14.6. The summed E-state index contributed by atoms with van der Waals surface area (Å²) in [5, 5.41) is 10.5. The summed E-state index contributed by atoms with van der Waals surface area (Å²) in [5.41, 5.74) is 6.30. The molecule has 0 saturated heterocycles. The molecule has 0 saturated carbocycles. The van der Waals surface area contributed by atoms with E-state index >= 15 is 0 Å². The molecule has 6 nitrogen and oxygen atoms in total. The Labute approximate surface area is 109 Å². The third kappa shape index (κ3) is 5.60. The fourth-order valence-electron chi connectivity index (χ4n) is 1.31. The SMILES string of the molecule is NC(Cc1ccccc1)C(=O)O.O=C1C=CC(=O)N1. The second-order valence-electron chi connectivity index (χ2n) is 3.82. The van der Waals surface area contributed by atoms with Crippen LogP contribution in [0.4, 0.5) is 0 Å². The molecule has 1 heterocycles. The maximum absolute atomic E-state index is 10.4. The number of carboxylic acid groups (broad SMARTS) is 1. The molecule has 100 valence electrons. The van der Waals surface area contributed by atoms with E-state index in [-0.39, 0.29) is 11.8 Å². The van der Waals surface area contributed by atoms with Gasteiger partial charge < -0.3 is 10.8 Å². The molecule has 1 aliphatic heterocycles. The lowest BCUT2D eigenvalue weighted by Gasteiger charge is -2.04. The van der Waals surface area contributed by atoms with E-state index in [4.69, 9.17) is 10.8 Å². The van der Waals surface area contributed by atoms with Gasteiger partial charge >= 0.3 is 5.97 Å². The molecule has 2 amide bonds. The summed E-state index contributed by atoms with van der Waals surface area (Å²) >= 11 is 0. The summed E-state index contributed by atoms with van der Waals surface area (Å²) in [5.74, 6) is -1.62. The zero-order valence-electron chi connectivity index (χ0n) is 10.1. The number of carbonyl (C=O) groups is 3. The molecule has 0 spiro atoms. The molecule has 0 aliphatic carbocycles. The van der Waals surface area contributed by atoms with E-state index in [1.54, 1.807) is 0 Å². The van der Waals surface area contributed by atoms with Crippen LogP contribution in [0, 0.1) is 0 Å². The Morgan fingerprint density at radius 2 is 1.68 bits per heavy atom. The van der Waals surface area contributed by atoms with Crippen molar-refractivity contribution in [2.75, 3.05) is 0 Å². The molecule has 0 fully saturated rings. The highest BCUT2D eigenvalue weighted by atomic mass is 16.4. The number of hydrogen-bond donors (Lipinski definition) is 3. The maximum atomic E-state index is 10.4. The standard InChI is InChI=1S/C9H11NO2.C4H3NO2/c10-8(9(11)12)6-7-4-2-1-3-5-7;6-3-1-2-4(7)5-3/h1-5,8H,6,10H2,(H,11,12);1-2H,(H,5,6,7). The van der Waals surface area contributed by atoms with E-state index in [2.05, 4.69) is 0 Å². The van der Waals surface area contributed by atoms with E-state index in [9.17, 15) is 14.4 Å². The average molecular weight is 262 g/mol. The molecule has 4 N–H and O–H groups in total. The average Bonchev–Trinajstić information content (AvgIpc) is 2.75. The first-order chi connectivity index (χ1) is 8.99. The zero-order chi connectivity index (χ0) is 14.3. The summed E-state index contributed by atoms with van der Waals surface area (Å²) in [6, 6.07) is 8.54. The number of benzene rings is 1. The van der Waals surface area contributed by atoms with Crippen LogP contribution in [-0.2, 0) is 20.8 Å². The van der Waals surface area contributed by atoms with Crippen LogP contribution in [0.1, 0.15) is 5.56 Å². The maximum Gasteiger partial charge on any atom is 0.320 e. The van der Waals surface area contributed by atoms with Crippen molar-refractivity contribution in [2.45, 2.75) is 12.5 Å². The van der Waals surface area contributed by atoms with Gasteiger partial charge in [-0.15, -0.1) is 0 Å². The van der Waals surface area contributed by atoms with Gasteiger partial charge in [0.25, 0.3) is 11.8 Å². The number of nitrogens with two attached hydrogens (primary N) is 1. The topological polar surface area (TPSA) is 109 Å². The number of amides is 2. The molecule has 1 unspecified atom stereocenters. The minimum Gasteiger partial charge on any atom is -0.480 e. The van der Waals surface area contributed by atoms with Crippen LogP contribution in [0.15, 0.2) is 42.5 Å². The third-order valence-electron chi connectivity index (χ3n) is 2.25. The van der Waals surface area contributed by atoms with Crippen molar-refractivity contribution in [2.24, 2.45) is 5.73 Å². The van der Waals surface area contributed by atoms with Crippen LogP contribution in [-0.4, -0.2) is 28.9 Å². The molecule has 0 radical (unpaired) electrons. The van der Waals surface area contributed by atoms with Gasteiger partial charge in [0.15, 0.2) is 0 Å². The molecular weight excluding hydrogens is 248 g/mol. The van der Waals surface area contributed by atoms with E-state index < -0.39 is 12.0 Å². The highest BCUT2D eigenvalue weighted by molar-refractivity contribution is 6.12. The van der Waals surface area contributed by atoms with E-state index in [1.807, 2.05) is 35.6 Å². The van der Waals surface area contributed by atoms with Crippen LogP contribution in [0.5, 0.6) is 0 Å². The lowest BCUT2D eigenvalue weighted by atomic mass is 10.1. The Morgan fingerprint density at radius 3 is 2.05 bits per heavy atom. The fraction of sp³-hybridized carbons (Fsp3) is 0.154. The van der Waals surface area contributed by atoms with Gasteiger partial charge in [-0.1, -0.05) is 30.3 Å². The van der Waals surface area contributed by atoms with Gasteiger partial charge in [0, 0.05) is 12.2 Å². The highest BCUT2D eigenvalue weighted by Gasteiger charge is 2.11. The Kier molecular flexibility index (Phi) is 5.43. The van der Waals surface area contributed by atoms with E-state index in [1.165, 1.54) is 12.2 Å². The Balaban J connectivity index is 0.000000218. The van der Waals surface area contributed by atoms with Gasteiger partial charge in [-0.25, -0.2) is 0 Å². The quantitative estimate of drug-likeness (QED) is 0.656. The Morgan fingerprint density at radius 1 is 1.16 bits per heavy atom. The van der Waals surface area contributed by atoms with E-state index in [0.717, 1.165) is 5.56 Å². The molecule has 19 heavy (non-hydrogen) atoms. The summed E-state index contributed by atoms with van der Waals surface area (Å²) < 4.78 is 0. The first-order valence-electron chi connectivity index (χ1n) is 5.54. The Bertz CT molecular complexity index is 481. The normalized spacial score (nSPS) is 14.4. The van der Waals surface area contributed by atoms with Gasteiger partial charge in [-0.05, 0) is 12.0 Å². The van der Waals surface area contributed by atoms with Crippen molar-refractivity contribution in [3.05, 3.63) is 48.0 Å². The molecule has 6 heteroatoms. The van der Waals surface area contributed by atoms with Crippen molar-refractivity contribution >= 4 is 17.8 Å². The number of imide groups is 1. The van der Waals surface area contributed by atoms with Crippen LogP contribution in [0.25, 0.3) is 0 Å². The zero-order valence-corrected chi connectivity index (χ0v) is 10.1. The molecule has 0 aromatic heterocycles. The minimum absolute atomic E-state index is 0.329. The number of hydrogen-bond acceptors (Lipinski definition) is 4. The second-order valence-corrected chi connectivity index (χ2v) is 3.82. The Hall–Kier alpha value is -2.47. The van der Waals surface area contributed by atoms with Gasteiger partial charge in [-0.3, -0.25) is 19.7 Å². The minimum atomic E-state index is -0.959. The van der Waals surface area contributed by atoms with Gasteiger partial charge in [0.2, 0.25) is 0 Å². The summed E-state index contributed by atoms with van der Waals surface area (Å²) in [6.07, 6.45) is 2.78. The second kappa shape index (κ2) is 7.07. The largest absolute Gasteiger partial charge is 0.480 e. The van der Waals surface area contributed by atoms with Crippen LogP contribution >= 0.6 is 0 Å². The van der Waals surface area contributed by atoms with E-state index in [0.29, 0.717) is 6.42 Å². The van der Waals surface area contributed by atoms with Crippen molar-refractivity contribution in [1.29, 1.82) is 0 Å². The van der Waals surface area contributed by atoms with Crippen molar-refractivity contribution in [3.63, 3.8) is 0 Å². The molecule has 2 rings (SSSR count). The molecular formula is C13H14N2O4. The van der Waals surface area contributed by atoms with Crippen LogP contribution in [0.2, 0.25) is 0 Å². The van der Waals surface area contributed by atoms with Crippen molar-refractivity contribution in [3.8, 4) is 0 Å². The summed E-state index contributed by atoms with van der Waals surface area (Å²) in [7, 11) is 0. The number of aliphatic carboxylic acids is 1. The lowest BCUT2D eigenvalue weighted by Crippen LogP contribution is -2.32. The first-order valence-corrected chi connectivity index (χ1v) is 5.54. The van der Waals surface area contributed by atoms with Crippen molar-refractivity contribution < 1.29 is 19.5 Å². The summed E-state index contributed by atoms with van der Waals surface area (Å²) in [4.78, 5) is 30.4. The summed E-state index contributed by atoms with van der Waals surface area (Å²) in [6.45, 7) is 0. The molecule has 1 aromatic carbocycles. The number of carbonyl (C=O) groups excluding carboxylic acids is 2. The predicted molar refractivity (Wildman–Crippen MR) is 68.0 cm³/mol. The van der Waals surface area contributed by atoms with Gasteiger partial charge in [0.05, 0.1) is 0 Å². The van der Waals surface area contributed by atoms with Crippen molar-refractivity contribution in [1.82, 2.24) is 5.32 Å². The molecule has 0 bridgehead atoms. The molecule has 1 aliphatic rings. The molecule has 1 atom stereocenters. The lowest BCUT2D eigenvalue weighted by molar-refractivity contribution is -0.138. The number of rotatable bonds is 3. The smallest absolute Gasteiger partial charge is 0.320 e.